The zero-order valence-electron chi connectivity index (χ0n) is 18.6. The molecule has 0 unspecified atom stereocenters. The number of hydrogen-bond acceptors (Lipinski definition) is 4. The molecule has 0 heterocycles. The summed E-state index contributed by atoms with van der Waals surface area (Å²) in [6, 6.07) is 22.3. The van der Waals surface area contributed by atoms with Crippen molar-refractivity contribution in [1.29, 1.82) is 0 Å². The lowest BCUT2D eigenvalue weighted by atomic mass is 9.99. The summed E-state index contributed by atoms with van der Waals surface area (Å²) in [6.45, 7) is 4.70. The molecule has 0 aliphatic carbocycles. The lowest BCUT2D eigenvalue weighted by Gasteiger charge is -2.19. The Morgan fingerprint density at radius 1 is 0.844 bits per heavy atom. The summed E-state index contributed by atoms with van der Waals surface area (Å²) >= 11 is 0. The van der Waals surface area contributed by atoms with Gasteiger partial charge in [0.05, 0.1) is 19.8 Å². The summed E-state index contributed by atoms with van der Waals surface area (Å²) in [6.07, 6.45) is 0. The number of rotatable bonds is 9. The summed E-state index contributed by atoms with van der Waals surface area (Å²) in [5.41, 5.74) is 2.91. The minimum Gasteiger partial charge on any atom is -0.490 e. The molecule has 0 atom stereocenters. The number of ether oxygens (including phenoxy) is 2. The van der Waals surface area contributed by atoms with Crippen LogP contribution in [-0.4, -0.2) is 43.5 Å². The van der Waals surface area contributed by atoms with Crippen LogP contribution in [0.3, 0.4) is 0 Å². The van der Waals surface area contributed by atoms with E-state index in [1.165, 1.54) is 4.90 Å². The Hall–Kier alpha value is -3.80. The molecule has 0 saturated carbocycles. The van der Waals surface area contributed by atoms with Gasteiger partial charge in [0.15, 0.2) is 11.5 Å². The van der Waals surface area contributed by atoms with Gasteiger partial charge in [0.1, 0.15) is 0 Å². The molecule has 6 nitrogen and oxygen atoms in total. The molecule has 0 bridgehead atoms. The van der Waals surface area contributed by atoms with Gasteiger partial charge in [0.25, 0.3) is 5.91 Å². The number of benzene rings is 3. The minimum absolute atomic E-state index is 0.0842. The van der Waals surface area contributed by atoms with Crippen molar-refractivity contribution in [2.24, 2.45) is 0 Å². The molecule has 166 valence electrons. The number of nitrogens with one attached hydrogen (secondary N) is 1. The number of carbonyl (C=O) groups excluding carboxylic acids is 2. The lowest BCUT2D eigenvalue weighted by molar-refractivity contribution is -0.116. The molecule has 6 heteroatoms. The molecule has 3 rings (SSSR count). The van der Waals surface area contributed by atoms with Gasteiger partial charge in [-0.25, -0.2) is 0 Å². The van der Waals surface area contributed by atoms with E-state index in [1.54, 1.807) is 31.3 Å². The molecule has 0 aliphatic rings. The monoisotopic (exact) mass is 432 g/mol. The Morgan fingerprint density at radius 2 is 1.50 bits per heavy atom. The van der Waals surface area contributed by atoms with Crippen molar-refractivity contribution in [2.75, 3.05) is 32.1 Å². The summed E-state index contributed by atoms with van der Waals surface area (Å²) in [5.74, 6) is 0.663. The van der Waals surface area contributed by atoms with Gasteiger partial charge in [-0.2, -0.15) is 0 Å². The van der Waals surface area contributed by atoms with Crippen LogP contribution < -0.4 is 14.8 Å². The van der Waals surface area contributed by atoms with E-state index >= 15 is 0 Å². The van der Waals surface area contributed by atoms with Gasteiger partial charge in [-0.3, -0.25) is 9.59 Å². The van der Waals surface area contributed by atoms with E-state index in [0.717, 1.165) is 11.1 Å². The summed E-state index contributed by atoms with van der Waals surface area (Å²) in [5, 5.41) is 2.83. The van der Waals surface area contributed by atoms with Gasteiger partial charge in [-0.1, -0.05) is 48.5 Å². The fourth-order valence-electron chi connectivity index (χ4n) is 3.36. The zero-order valence-corrected chi connectivity index (χ0v) is 18.6. The standard InChI is InChI=1S/C26H28N2O4/c1-4-31-23-16-15-20(17-24(23)32-5-2)27-25(29)18-28(3)26(30)22-14-10-9-13-21(22)19-11-7-6-8-12-19/h6-17H,4-5,18H2,1-3H3,(H,27,29). The Kier molecular flexibility index (Phi) is 7.86. The molecule has 2 amide bonds. The highest BCUT2D eigenvalue weighted by Gasteiger charge is 2.19. The first kappa shape index (κ1) is 22.9. The number of amides is 2. The molecule has 3 aromatic carbocycles. The first-order chi connectivity index (χ1) is 15.5. The highest BCUT2D eigenvalue weighted by atomic mass is 16.5. The minimum atomic E-state index is -0.301. The number of carbonyl (C=O) groups is 2. The molecule has 0 radical (unpaired) electrons. The van der Waals surface area contributed by atoms with Crippen LogP contribution in [0, 0.1) is 0 Å². The largest absolute Gasteiger partial charge is 0.490 e. The lowest BCUT2D eigenvalue weighted by Crippen LogP contribution is -2.35. The van der Waals surface area contributed by atoms with Gasteiger partial charge >= 0.3 is 0 Å². The molecular formula is C26H28N2O4. The van der Waals surface area contributed by atoms with E-state index < -0.39 is 0 Å². The predicted molar refractivity (Wildman–Crippen MR) is 126 cm³/mol. The first-order valence-electron chi connectivity index (χ1n) is 10.6. The van der Waals surface area contributed by atoms with E-state index in [1.807, 2.05) is 62.4 Å². The van der Waals surface area contributed by atoms with Crippen molar-refractivity contribution in [2.45, 2.75) is 13.8 Å². The SMILES string of the molecule is CCOc1ccc(NC(=O)CN(C)C(=O)c2ccccc2-c2ccccc2)cc1OCC. The fourth-order valence-corrected chi connectivity index (χ4v) is 3.36. The average Bonchev–Trinajstić information content (AvgIpc) is 2.81. The summed E-state index contributed by atoms with van der Waals surface area (Å²) < 4.78 is 11.2. The van der Waals surface area contributed by atoms with Crippen molar-refractivity contribution < 1.29 is 19.1 Å². The summed E-state index contributed by atoms with van der Waals surface area (Å²) in [7, 11) is 1.62. The normalized spacial score (nSPS) is 10.3. The smallest absolute Gasteiger partial charge is 0.254 e. The van der Waals surface area contributed by atoms with E-state index in [9.17, 15) is 9.59 Å². The number of likely N-dealkylation sites (N-methyl/N-ethyl adjacent to an activating group) is 1. The van der Waals surface area contributed by atoms with Crippen molar-refractivity contribution >= 4 is 17.5 Å². The van der Waals surface area contributed by atoms with Gasteiger partial charge in [0.2, 0.25) is 5.91 Å². The molecule has 0 aliphatic heterocycles. The van der Waals surface area contributed by atoms with Crippen LogP contribution >= 0.6 is 0 Å². The maximum atomic E-state index is 13.1. The molecule has 0 saturated heterocycles. The van der Waals surface area contributed by atoms with Gasteiger partial charge in [0, 0.05) is 24.4 Å². The maximum absolute atomic E-state index is 13.1. The average molecular weight is 433 g/mol. The molecule has 0 fully saturated rings. The van der Waals surface area contributed by atoms with Crippen LogP contribution in [0.1, 0.15) is 24.2 Å². The van der Waals surface area contributed by atoms with Crippen LogP contribution in [-0.2, 0) is 4.79 Å². The van der Waals surface area contributed by atoms with E-state index in [4.69, 9.17) is 9.47 Å². The molecule has 32 heavy (non-hydrogen) atoms. The highest BCUT2D eigenvalue weighted by molar-refractivity contribution is 6.03. The molecule has 0 spiro atoms. The molecule has 3 aromatic rings. The van der Waals surface area contributed by atoms with Crippen LogP contribution in [0.4, 0.5) is 5.69 Å². The summed E-state index contributed by atoms with van der Waals surface area (Å²) in [4.78, 5) is 27.1. The molecule has 0 aromatic heterocycles. The molecular weight excluding hydrogens is 404 g/mol. The molecule has 1 N–H and O–H groups in total. The zero-order chi connectivity index (χ0) is 22.9. The van der Waals surface area contributed by atoms with E-state index in [-0.39, 0.29) is 18.4 Å². The third kappa shape index (κ3) is 5.66. The second-order valence-corrected chi connectivity index (χ2v) is 7.15. The Morgan fingerprint density at radius 3 is 2.22 bits per heavy atom. The third-order valence-electron chi connectivity index (χ3n) is 4.80. The topological polar surface area (TPSA) is 67.9 Å². The number of hydrogen-bond donors (Lipinski definition) is 1. The van der Waals surface area contributed by atoms with E-state index in [2.05, 4.69) is 5.32 Å². The fraction of sp³-hybridized carbons (Fsp3) is 0.231. The second kappa shape index (κ2) is 11.0. The Bertz CT molecular complexity index is 1070. The Labute approximate surface area is 188 Å². The van der Waals surface area contributed by atoms with Crippen LogP contribution in [0.5, 0.6) is 11.5 Å². The van der Waals surface area contributed by atoms with Crippen molar-refractivity contribution in [3.8, 4) is 22.6 Å². The van der Waals surface area contributed by atoms with E-state index in [0.29, 0.717) is 36.0 Å². The van der Waals surface area contributed by atoms with Crippen LogP contribution in [0.25, 0.3) is 11.1 Å². The third-order valence-corrected chi connectivity index (χ3v) is 4.80. The van der Waals surface area contributed by atoms with Crippen molar-refractivity contribution in [3.05, 3.63) is 78.4 Å². The van der Waals surface area contributed by atoms with Crippen molar-refractivity contribution in [1.82, 2.24) is 4.90 Å². The number of anilines is 1. The quantitative estimate of drug-likeness (QED) is 0.524. The highest BCUT2D eigenvalue weighted by Crippen LogP contribution is 2.30. The second-order valence-electron chi connectivity index (χ2n) is 7.15. The van der Waals surface area contributed by atoms with Crippen LogP contribution in [0.2, 0.25) is 0 Å². The predicted octanol–water partition coefficient (Wildman–Crippen LogP) is 4.86. The maximum Gasteiger partial charge on any atom is 0.254 e. The van der Waals surface area contributed by atoms with Gasteiger partial charge in [-0.05, 0) is 43.2 Å². The first-order valence-corrected chi connectivity index (χ1v) is 10.6. The number of nitrogens with zero attached hydrogens (tertiary/aromatic N) is 1. The van der Waals surface area contributed by atoms with Crippen LogP contribution in [0.15, 0.2) is 72.8 Å². The Balaban J connectivity index is 1.70. The van der Waals surface area contributed by atoms with Gasteiger partial charge < -0.3 is 19.7 Å². The van der Waals surface area contributed by atoms with Crippen molar-refractivity contribution in [3.63, 3.8) is 0 Å². The van der Waals surface area contributed by atoms with Gasteiger partial charge in [-0.15, -0.1) is 0 Å².